The Balaban J connectivity index is 2.17. The van der Waals surface area contributed by atoms with Crippen LogP contribution in [0.15, 0.2) is 24.3 Å². The molecule has 0 radical (unpaired) electrons. The molecule has 0 aliphatic heterocycles. The molecule has 2 rings (SSSR count). The monoisotopic (exact) mass is 332 g/mol. The molecule has 0 spiro atoms. The summed E-state index contributed by atoms with van der Waals surface area (Å²) in [7, 11) is 0. The molecule has 1 aliphatic rings. The topological polar surface area (TPSA) is 86.7 Å². The van der Waals surface area contributed by atoms with Crippen LogP contribution in [-0.4, -0.2) is 39.9 Å². The number of rotatable bonds is 7. The molecule has 0 saturated heterocycles. The van der Waals surface area contributed by atoms with Crippen LogP contribution in [0, 0.1) is 6.92 Å². The summed E-state index contributed by atoms with van der Waals surface area (Å²) in [6.45, 7) is 4.90. The molecule has 1 fully saturated rings. The van der Waals surface area contributed by atoms with Gasteiger partial charge in [-0.15, -0.1) is 0 Å². The van der Waals surface area contributed by atoms with Crippen LogP contribution in [0.5, 0.6) is 0 Å². The Bertz CT molecular complexity index is 622. The number of aliphatic carboxylic acids is 1. The van der Waals surface area contributed by atoms with Gasteiger partial charge in [-0.05, 0) is 32.3 Å². The van der Waals surface area contributed by atoms with Crippen molar-refractivity contribution in [3.8, 4) is 0 Å². The van der Waals surface area contributed by atoms with Crippen LogP contribution in [0.3, 0.4) is 0 Å². The summed E-state index contributed by atoms with van der Waals surface area (Å²) in [5.41, 5.74) is 1.92. The number of nitrogens with one attached hydrogen (secondary N) is 1. The minimum absolute atomic E-state index is 0.000374. The molecule has 2 N–H and O–H groups in total. The third kappa shape index (κ3) is 4.57. The summed E-state index contributed by atoms with van der Waals surface area (Å²) in [6.07, 6.45) is 1.72. The lowest BCUT2D eigenvalue weighted by Gasteiger charge is -2.29. The van der Waals surface area contributed by atoms with E-state index in [1.165, 1.54) is 18.7 Å². The van der Waals surface area contributed by atoms with Crippen molar-refractivity contribution in [1.82, 2.24) is 10.2 Å². The van der Waals surface area contributed by atoms with Crippen LogP contribution in [0.2, 0.25) is 0 Å². The molecule has 130 valence electrons. The van der Waals surface area contributed by atoms with Gasteiger partial charge in [-0.1, -0.05) is 29.8 Å². The van der Waals surface area contributed by atoms with E-state index in [1.807, 2.05) is 31.2 Å². The summed E-state index contributed by atoms with van der Waals surface area (Å²) >= 11 is 0. The highest BCUT2D eigenvalue weighted by molar-refractivity contribution is 5.85. The number of amides is 2. The molecule has 6 nitrogen and oxygen atoms in total. The molecule has 0 heterocycles. The largest absolute Gasteiger partial charge is 0.480 e. The van der Waals surface area contributed by atoms with E-state index in [0.717, 1.165) is 24.0 Å². The number of nitrogens with zero attached hydrogens (tertiary/aromatic N) is 1. The fourth-order valence-corrected chi connectivity index (χ4v) is 2.78. The maximum absolute atomic E-state index is 12.7. The average molecular weight is 332 g/mol. The summed E-state index contributed by atoms with van der Waals surface area (Å²) in [4.78, 5) is 37.0. The van der Waals surface area contributed by atoms with Gasteiger partial charge in [-0.3, -0.25) is 9.59 Å². The van der Waals surface area contributed by atoms with E-state index in [1.54, 1.807) is 0 Å². The van der Waals surface area contributed by atoms with Crippen molar-refractivity contribution in [3.63, 3.8) is 0 Å². The van der Waals surface area contributed by atoms with E-state index in [-0.39, 0.29) is 24.3 Å². The van der Waals surface area contributed by atoms with Crippen molar-refractivity contribution >= 4 is 17.8 Å². The number of carbonyl (C=O) groups excluding carboxylic acids is 2. The first-order chi connectivity index (χ1) is 11.3. The van der Waals surface area contributed by atoms with Gasteiger partial charge in [-0.25, -0.2) is 4.79 Å². The predicted molar refractivity (Wildman–Crippen MR) is 89.3 cm³/mol. The first-order valence-electron chi connectivity index (χ1n) is 8.17. The van der Waals surface area contributed by atoms with Crippen molar-refractivity contribution in [3.05, 3.63) is 35.4 Å². The third-order valence-electron chi connectivity index (χ3n) is 4.24. The SMILES string of the molecule is CC(=O)NC(CC(=O)N(C1CC1)C(C)C(=O)O)c1ccc(C)cc1. The molecule has 2 unspecified atom stereocenters. The number of carboxylic acids is 1. The number of hydrogen-bond acceptors (Lipinski definition) is 3. The highest BCUT2D eigenvalue weighted by Crippen LogP contribution is 2.31. The van der Waals surface area contributed by atoms with E-state index >= 15 is 0 Å². The van der Waals surface area contributed by atoms with E-state index < -0.39 is 18.1 Å². The average Bonchev–Trinajstić information content (AvgIpc) is 3.31. The van der Waals surface area contributed by atoms with Crippen molar-refractivity contribution < 1.29 is 19.5 Å². The van der Waals surface area contributed by atoms with Gasteiger partial charge in [0.1, 0.15) is 6.04 Å². The number of aryl methyl sites for hydroxylation is 1. The van der Waals surface area contributed by atoms with Gasteiger partial charge in [0, 0.05) is 13.0 Å². The molecular weight excluding hydrogens is 308 g/mol. The lowest BCUT2D eigenvalue weighted by Crippen LogP contribution is -2.46. The van der Waals surface area contributed by atoms with Gasteiger partial charge in [-0.2, -0.15) is 0 Å². The highest BCUT2D eigenvalue weighted by Gasteiger charge is 2.39. The fourth-order valence-electron chi connectivity index (χ4n) is 2.78. The van der Waals surface area contributed by atoms with Crippen LogP contribution < -0.4 is 5.32 Å². The molecule has 1 aromatic rings. The summed E-state index contributed by atoms with van der Waals surface area (Å²) in [5, 5.41) is 12.0. The van der Waals surface area contributed by atoms with E-state index in [0.29, 0.717) is 0 Å². The van der Waals surface area contributed by atoms with Gasteiger partial charge in [0.25, 0.3) is 0 Å². The molecule has 6 heteroatoms. The Kier molecular flexibility index (Phi) is 5.59. The number of carbonyl (C=O) groups is 3. The Morgan fingerprint density at radius 3 is 2.29 bits per heavy atom. The molecule has 1 saturated carbocycles. The predicted octanol–water partition coefficient (Wildman–Crippen LogP) is 2.03. The first kappa shape index (κ1) is 18.0. The Morgan fingerprint density at radius 1 is 1.25 bits per heavy atom. The van der Waals surface area contributed by atoms with Crippen LogP contribution in [0.4, 0.5) is 0 Å². The normalized spacial score (nSPS) is 16.1. The first-order valence-corrected chi connectivity index (χ1v) is 8.17. The number of benzene rings is 1. The van der Waals surface area contributed by atoms with Gasteiger partial charge in [0.05, 0.1) is 12.5 Å². The van der Waals surface area contributed by atoms with E-state index in [4.69, 9.17) is 0 Å². The van der Waals surface area contributed by atoms with Crippen LogP contribution in [-0.2, 0) is 14.4 Å². The smallest absolute Gasteiger partial charge is 0.326 e. The molecule has 24 heavy (non-hydrogen) atoms. The maximum atomic E-state index is 12.7. The van der Waals surface area contributed by atoms with E-state index in [9.17, 15) is 19.5 Å². The highest BCUT2D eigenvalue weighted by atomic mass is 16.4. The molecule has 1 aromatic carbocycles. The minimum atomic E-state index is -1.01. The van der Waals surface area contributed by atoms with Crippen LogP contribution in [0.1, 0.15) is 50.3 Å². The molecule has 0 aromatic heterocycles. The lowest BCUT2D eigenvalue weighted by molar-refractivity contribution is -0.150. The van der Waals surface area contributed by atoms with Crippen molar-refractivity contribution in [2.45, 2.75) is 58.2 Å². The molecule has 2 amide bonds. The molecule has 0 bridgehead atoms. The van der Waals surface area contributed by atoms with Gasteiger partial charge in [0.15, 0.2) is 0 Å². The minimum Gasteiger partial charge on any atom is -0.480 e. The molecular formula is C18H24N2O4. The maximum Gasteiger partial charge on any atom is 0.326 e. The molecule has 2 atom stereocenters. The second-order valence-electron chi connectivity index (χ2n) is 6.41. The Morgan fingerprint density at radius 2 is 1.83 bits per heavy atom. The zero-order chi connectivity index (χ0) is 17.9. The third-order valence-corrected chi connectivity index (χ3v) is 4.24. The van der Waals surface area contributed by atoms with Crippen LogP contribution in [0.25, 0.3) is 0 Å². The number of carboxylic acid groups (broad SMARTS) is 1. The van der Waals surface area contributed by atoms with Gasteiger partial charge >= 0.3 is 5.97 Å². The van der Waals surface area contributed by atoms with Crippen molar-refractivity contribution in [2.24, 2.45) is 0 Å². The Hall–Kier alpha value is -2.37. The van der Waals surface area contributed by atoms with Crippen molar-refractivity contribution in [1.29, 1.82) is 0 Å². The lowest BCUT2D eigenvalue weighted by atomic mass is 10.0. The quantitative estimate of drug-likeness (QED) is 0.800. The zero-order valence-electron chi connectivity index (χ0n) is 14.3. The zero-order valence-corrected chi connectivity index (χ0v) is 14.3. The summed E-state index contributed by atoms with van der Waals surface area (Å²) < 4.78 is 0. The van der Waals surface area contributed by atoms with E-state index in [2.05, 4.69) is 5.32 Å². The molecule has 1 aliphatic carbocycles. The Labute approximate surface area is 141 Å². The van der Waals surface area contributed by atoms with Gasteiger partial charge < -0.3 is 15.3 Å². The van der Waals surface area contributed by atoms with Crippen molar-refractivity contribution in [2.75, 3.05) is 0 Å². The fraction of sp³-hybridized carbons (Fsp3) is 0.500. The second kappa shape index (κ2) is 7.47. The summed E-state index contributed by atoms with van der Waals surface area (Å²) in [5.74, 6) is -1.48. The summed E-state index contributed by atoms with van der Waals surface area (Å²) in [6, 6.07) is 6.29. The van der Waals surface area contributed by atoms with Gasteiger partial charge in [0.2, 0.25) is 11.8 Å². The number of hydrogen-bond donors (Lipinski definition) is 2. The van der Waals surface area contributed by atoms with Crippen LogP contribution >= 0.6 is 0 Å². The second-order valence-corrected chi connectivity index (χ2v) is 6.41. The standard InChI is InChI=1S/C18H24N2O4/c1-11-4-6-14(7-5-11)16(19-13(3)21)10-17(22)20(15-8-9-15)12(2)18(23)24/h4-7,12,15-16H,8-10H2,1-3H3,(H,19,21)(H,23,24).